The number of nitrogens with one attached hydrogen (secondary N) is 2. The number of phenolic OH excluding ortho intramolecular Hbond substituents is 1. The standard InChI is InChI=1S/C22H27ClN2O5/c1-14(2)8-11-30-20-18(23)12-16(13-19(20)29-3)22(28)25-10-9-24-21(27)15-4-6-17(26)7-5-15/h4-7,12-14,26H,8-11H2,1-3H3,(H,24,27)(H,25,28). The number of hydrogen-bond acceptors (Lipinski definition) is 5. The van der Waals surface area contributed by atoms with Crippen LogP contribution in [0.5, 0.6) is 17.2 Å². The van der Waals surface area contributed by atoms with Crippen LogP contribution in [0.25, 0.3) is 0 Å². The first-order chi connectivity index (χ1) is 14.3. The largest absolute Gasteiger partial charge is 0.508 e. The molecule has 0 radical (unpaired) electrons. The van der Waals surface area contributed by atoms with Crippen LogP contribution in [0.3, 0.4) is 0 Å². The fourth-order valence-corrected chi connectivity index (χ4v) is 2.82. The van der Waals surface area contributed by atoms with Crippen molar-refractivity contribution in [2.75, 3.05) is 26.8 Å². The Morgan fingerprint density at radius 3 is 2.20 bits per heavy atom. The SMILES string of the molecule is COc1cc(C(=O)NCCNC(=O)c2ccc(O)cc2)cc(Cl)c1OCCC(C)C. The molecule has 2 aromatic rings. The highest BCUT2D eigenvalue weighted by molar-refractivity contribution is 6.32. The number of amides is 2. The maximum atomic E-state index is 12.4. The molecule has 162 valence electrons. The third kappa shape index (κ3) is 6.84. The van der Waals surface area contributed by atoms with E-state index in [1.54, 1.807) is 6.07 Å². The highest BCUT2D eigenvalue weighted by Gasteiger charge is 2.16. The molecule has 30 heavy (non-hydrogen) atoms. The second-order valence-corrected chi connectivity index (χ2v) is 7.49. The van der Waals surface area contributed by atoms with Gasteiger partial charge >= 0.3 is 0 Å². The first kappa shape index (κ1) is 23.3. The van der Waals surface area contributed by atoms with Gasteiger partial charge < -0.3 is 25.2 Å². The van der Waals surface area contributed by atoms with Crippen molar-refractivity contribution < 1.29 is 24.2 Å². The molecule has 0 aliphatic rings. The van der Waals surface area contributed by atoms with E-state index in [0.29, 0.717) is 40.2 Å². The normalized spacial score (nSPS) is 10.6. The van der Waals surface area contributed by atoms with Crippen LogP contribution >= 0.6 is 11.6 Å². The molecular weight excluding hydrogens is 408 g/mol. The number of phenols is 1. The van der Waals surface area contributed by atoms with E-state index in [0.717, 1.165) is 6.42 Å². The van der Waals surface area contributed by atoms with E-state index < -0.39 is 0 Å². The lowest BCUT2D eigenvalue weighted by Crippen LogP contribution is -2.34. The van der Waals surface area contributed by atoms with Gasteiger partial charge in [0.15, 0.2) is 11.5 Å². The Balaban J connectivity index is 1.89. The zero-order valence-corrected chi connectivity index (χ0v) is 18.1. The first-order valence-electron chi connectivity index (χ1n) is 9.67. The Labute approximate surface area is 181 Å². The molecule has 0 atom stereocenters. The van der Waals surface area contributed by atoms with Crippen LogP contribution in [0, 0.1) is 5.92 Å². The van der Waals surface area contributed by atoms with Crippen molar-refractivity contribution in [3.05, 3.63) is 52.5 Å². The van der Waals surface area contributed by atoms with Crippen molar-refractivity contribution in [2.45, 2.75) is 20.3 Å². The third-order valence-corrected chi connectivity index (χ3v) is 4.54. The van der Waals surface area contributed by atoms with Crippen LogP contribution in [0.4, 0.5) is 0 Å². The molecule has 2 rings (SSSR count). The molecule has 0 aliphatic carbocycles. The molecule has 0 aromatic heterocycles. The zero-order valence-electron chi connectivity index (χ0n) is 17.3. The summed E-state index contributed by atoms with van der Waals surface area (Å²) in [5.41, 5.74) is 0.752. The second-order valence-electron chi connectivity index (χ2n) is 7.08. The molecule has 0 fully saturated rings. The van der Waals surface area contributed by atoms with Crippen molar-refractivity contribution in [1.29, 1.82) is 0 Å². The number of ether oxygens (including phenoxy) is 2. The average Bonchev–Trinajstić information content (AvgIpc) is 2.71. The van der Waals surface area contributed by atoms with Gasteiger partial charge in [0.1, 0.15) is 5.75 Å². The van der Waals surface area contributed by atoms with E-state index >= 15 is 0 Å². The molecule has 8 heteroatoms. The van der Waals surface area contributed by atoms with Gasteiger partial charge in [0.2, 0.25) is 0 Å². The monoisotopic (exact) mass is 434 g/mol. The van der Waals surface area contributed by atoms with Crippen LogP contribution < -0.4 is 20.1 Å². The molecule has 0 saturated carbocycles. The van der Waals surface area contributed by atoms with Crippen molar-refractivity contribution in [3.8, 4) is 17.2 Å². The highest BCUT2D eigenvalue weighted by atomic mass is 35.5. The number of benzene rings is 2. The quantitative estimate of drug-likeness (QED) is 0.496. The molecule has 2 amide bonds. The van der Waals surface area contributed by atoms with Crippen molar-refractivity contribution >= 4 is 23.4 Å². The van der Waals surface area contributed by atoms with E-state index in [2.05, 4.69) is 24.5 Å². The predicted molar refractivity (Wildman–Crippen MR) is 116 cm³/mol. The van der Waals surface area contributed by atoms with Gasteiger partial charge in [-0.05, 0) is 48.7 Å². The van der Waals surface area contributed by atoms with E-state index in [-0.39, 0.29) is 30.7 Å². The van der Waals surface area contributed by atoms with Crippen LogP contribution in [0.15, 0.2) is 36.4 Å². The summed E-state index contributed by atoms with van der Waals surface area (Å²) in [5.74, 6) is 0.743. The molecule has 0 spiro atoms. The maximum Gasteiger partial charge on any atom is 0.251 e. The highest BCUT2D eigenvalue weighted by Crippen LogP contribution is 2.36. The van der Waals surface area contributed by atoms with E-state index in [1.807, 2.05) is 0 Å². The van der Waals surface area contributed by atoms with E-state index in [4.69, 9.17) is 21.1 Å². The average molecular weight is 435 g/mol. The number of carbonyl (C=O) groups is 2. The molecule has 0 heterocycles. The number of methoxy groups -OCH3 is 1. The minimum absolute atomic E-state index is 0.0873. The lowest BCUT2D eigenvalue weighted by atomic mass is 10.1. The molecule has 7 nitrogen and oxygen atoms in total. The van der Waals surface area contributed by atoms with Crippen LogP contribution in [0.2, 0.25) is 5.02 Å². The van der Waals surface area contributed by atoms with Crippen molar-refractivity contribution in [1.82, 2.24) is 10.6 Å². The van der Waals surface area contributed by atoms with Gasteiger partial charge in [-0.1, -0.05) is 25.4 Å². The fraction of sp³-hybridized carbons (Fsp3) is 0.364. The summed E-state index contributed by atoms with van der Waals surface area (Å²) in [6.45, 7) is 5.17. The first-order valence-corrected chi connectivity index (χ1v) is 10.1. The Bertz CT molecular complexity index is 869. The smallest absolute Gasteiger partial charge is 0.251 e. The summed E-state index contributed by atoms with van der Waals surface area (Å²) in [4.78, 5) is 24.4. The lowest BCUT2D eigenvalue weighted by molar-refractivity contribution is 0.0927. The van der Waals surface area contributed by atoms with E-state index in [9.17, 15) is 14.7 Å². The number of aromatic hydroxyl groups is 1. The topological polar surface area (TPSA) is 96.9 Å². The summed E-state index contributed by atoms with van der Waals surface area (Å²) < 4.78 is 11.1. The minimum Gasteiger partial charge on any atom is -0.508 e. The van der Waals surface area contributed by atoms with Gasteiger partial charge in [-0.2, -0.15) is 0 Å². The molecular formula is C22H27ClN2O5. The summed E-state index contributed by atoms with van der Waals surface area (Å²) >= 11 is 6.29. The van der Waals surface area contributed by atoms with Crippen molar-refractivity contribution in [2.24, 2.45) is 5.92 Å². The number of halogens is 1. The van der Waals surface area contributed by atoms with Gasteiger partial charge in [-0.15, -0.1) is 0 Å². The third-order valence-electron chi connectivity index (χ3n) is 4.26. The Morgan fingerprint density at radius 1 is 1.03 bits per heavy atom. The summed E-state index contributed by atoms with van der Waals surface area (Å²) in [6, 6.07) is 9.00. The predicted octanol–water partition coefficient (Wildman–Crippen LogP) is 3.64. The lowest BCUT2D eigenvalue weighted by Gasteiger charge is -2.15. The van der Waals surface area contributed by atoms with Gasteiger partial charge in [-0.25, -0.2) is 0 Å². The Kier molecular flexibility index (Phi) is 8.80. The van der Waals surface area contributed by atoms with Crippen LogP contribution in [-0.2, 0) is 0 Å². The van der Waals surface area contributed by atoms with Crippen LogP contribution in [-0.4, -0.2) is 43.7 Å². The molecule has 2 aromatic carbocycles. The van der Waals surface area contributed by atoms with E-state index in [1.165, 1.54) is 37.4 Å². The Hall–Kier alpha value is -2.93. The van der Waals surface area contributed by atoms with Crippen LogP contribution in [0.1, 0.15) is 41.0 Å². The molecule has 3 N–H and O–H groups in total. The minimum atomic E-state index is -0.345. The second kappa shape index (κ2) is 11.3. The number of rotatable bonds is 10. The number of carbonyl (C=O) groups excluding carboxylic acids is 2. The van der Waals surface area contributed by atoms with Gasteiger partial charge in [0.05, 0.1) is 18.7 Å². The van der Waals surface area contributed by atoms with Gasteiger partial charge in [0.25, 0.3) is 11.8 Å². The summed E-state index contributed by atoms with van der Waals surface area (Å²) in [6.07, 6.45) is 0.873. The molecule has 0 bridgehead atoms. The van der Waals surface area contributed by atoms with Gasteiger partial charge in [-0.3, -0.25) is 9.59 Å². The van der Waals surface area contributed by atoms with Crippen molar-refractivity contribution in [3.63, 3.8) is 0 Å². The zero-order chi connectivity index (χ0) is 22.1. The molecule has 0 aliphatic heterocycles. The fourth-order valence-electron chi connectivity index (χ4n) is 2.56. The maximum absolute atomic E-state index is 12.4. The number of hydrogen-bond donors (Lipinski definition) is 3. The molecule has 0 saturated heterocycles. The summed E-state index contributed by atoms with van der Waals surface area (Å²) in [5, 5.41) is 15.0. The van der Waals surface area contributed by atoms with Gasteiger partial charge in [0, 0.05) is 24.2 Å². The Morgan fingerprint density at radius 2 is 1.63 bits per heavy atom. The molecule has 0 unspecified atom stereocenters. The summed E-state index contributed by atoms with van der Waals surface area (Å²) in [7, 11) is 1.49.